The molecule has 2 fully saturated rings. The number of aromatic nitrogens is 1. The highest BCUT2D eigenvalue weighted by molar-refractivity contribution is 7.18. The zero-order valence-corrected chi connectivity index (χ0v) is 19.8. The van der Waals surface area contributed by atoms with E-state index in [1.54, 1.807) is 23.2 Å². The van der Waals surface area contributed by atoms with Crippen LogP contribution in [0.4, 0.5) is 16.3 Å². The summed E-state index contributed by atoms with van der Waals surface area (Å²) in [7, 11) is 0. The minimum absolute atomic E-state index is 0.229. The van der Waals surface area contributed by atoms with Crippen molar-refractivity contribution in [1.29, 1.82) is 0 Å². The van der Waals surface area contributed by atoms with Crippen molar-refractivity contribution in [2.45, 2.75) is 6.10 Å². The zero-order chi connectivity index (χ0) is 23.5. The Morgan fingerprint density at radius 2 is 1.94 bits per heavy atom. The van der Waals surface area contributed by atoms with Crippen molar-refractivity contribution < 1.29 is 19.1 Å². The lowest BCUT2D eigenvalue weighted by atomic mass is 10.1. The Morgan fingerprint density at radius 3 is 2.68 bits per heavy atom. The normalized spacial score (nSPS) is 18.1. The van der Waals surface area contributed by atoms with Crippen molar-refractivity contribution in [3.05, 3.63) is 63.9 Å². The third-order valence-corrected chi connectivity index (χ3v) is 6.98. The van der Waals surface area contributed by atoms with E-state index in [9.17, 15) is 9.59 Å². The predicted molar refractivity (Wildman–Crippen MR) is 132 cm³/mol. The Morgan fingerprint density at radius 1 is 1.15 bits per heavy atom. The summed E-state index contributed by atoms with van der Waals surface area (Å²) in [5.41, 5.74) is 2.79. The van der Waals surface area contributed by atoms with E-state index < -0.39 is 12.2 Å². The third kappa shape index (κ3) is 4.86. The van der Waals surface area contributed by atoms with Crippen molar-refractivity contribution in [3.8, 4) is 11.1 Å². The molecule has 10 heteroatoms. The lowest BCUT2D eigenvalue weighted by molar-refractivity contribution is 0.0920. The number of benzene rings is 1. The number of pyridine rings is 1. The molecule has 0 radical (unpaired) electrons. The molecule has 176 valence electrons. The van der Waals surface area contributed by atoms with Crippen LogP contribution in [0, 0.1) is 0 Å². The van der Waals surface area contributed by atoms with E-state index in [0.717, 1.165) is 35.7 Å². The number of thiophene rings is 1. The molecular formula is C24H23ClN4O4S. The Labute approximate surface area is 206 Å². The SMILES string of the molecule is O=C(NC[C@H]1CN(c2ccc(-c3cccnc3N3CCOCC3)cc2)C(=O)O1)c1ccc(Cl)s1. The first-order valence-corrected chi connectivity index (χ1v) is 12.2. The number of nitrogens with zero attached hydrogens (tertiary/aromatic N) is 3. The van der Waals surface area contributed by atoms with Gasteiger partial charge in [0.05, 0.1) is 35.5 Å². The van der Waals surface area contributed by atoms with Crippen LogP contribution in [0.15, 0.2) is 54.7 Å². The topological polar surface area (TPSA) is 84.0 Å². The molecule has 2 saturated heterocycles. The number of morpholine rings is 1. The Kier molecular flexibility index (Phi) is 6.66. The molecule has 1 N–H and O–H groups in total. The smallest absolute Gasteiger partial charge is 0.414 e. The number of carbonyl (C=O) groups is 2. The molecule has 4 heterocycles. The van der Waals surface area contributed by atoms with Crippen LogP contribution in [0.1, 0.15) is 9.67 Å². The molecule has 1 aromatic carbocycles. The third-order valence-electron chi connectivity index (χ3n) is 5.75. The fraction of sp³-hybridized carbons (Fsp3) is 0.292. The summed E-state index contributed by atoms with van der Waals surface area (Å²) >= 11 is 7.10. The molecule has 2 aliphatic heterocycles. The van der Waals surface area contributed by atoms with Gasteiger partial charge in [-0.2, -0.15) is 0 Å². The lowest BCUT2D eigenvalue weighted by Crippen LogP contribution is -2.37. The van der Waals surface area contributed by atoms with Crippen molar-refractivity contribution in [2.24, 2.45) is 0 Å². The summed E-state index contributed by atoms with van der Waals surface area (Å²) in [6.07, 6.45) is 0.939. The maximum absolute atomic E-state index is 12.5. The van der Waals surface area contributed by atoms with E-state index in [2.05, 4.69) is 21.3 Å². The molecule has 2 aliphatic rings. The van der Waals surface area contributed by atoms with Crippen molar-refractivity contribution in [2.75, 3.05) is 49.2 Å². The van der Waals surface area contributed by atoms with Crippen LogP contribution in [-0.4, -0.2) is 62.5 Å². The molecule has 0 saturated carbocycles. The standard InChI is InChI=1S/C24H23ClN4O4S/c25-21-8-7-20(34-21)23(30)27-14-18-15-29(24(31)33-18)17-5-3-16(4-6-17)19-2-1-9-26-22(19)28-10-12-32-13-11-28/h1-9,18H,10-15H2,(H,27,30)/t18-/m0/s1. The van der Waals surface area contributed by atoms with Gasteiger partial charge in [-0.25, -0.2) is 9.78 Å². The summed E-state index contributed by atoms with van der Waals surface area (Å²) in [5, 5.41) is 2.80. The molecular weight excluding hydrogens is 476 g/mol. The van der Waals surface area contributed by atoms with Gasteiger partial charge in [0.25, 0.3) is 5.91 Å². The average molecular weight is 499 g/mol. The van der Waals surface area contributed by atoms with Gasteiger partial charge in [0, 0.05) is 30.5 Å². The fourth-order valence-corrected chi connectivity index (χ4v) is 5.00. The second-order valence-corrected chi connectivity index (χ2v) is 9.67. The van der Waals surface area contributed by atoms with Gasteiger partial charge in [0.1, 0.15) is 11.9 Å². The molecule has 0 spiro atoms. The van der Waals surface area contributed by atoms with Crippen LogP contribution < -0.4 is 15.1 Å². The maximum Gasteiger partial charge on any atom is 0.414 e. The minimum Gasteiger partial charge on any atom is -0.442 e. The van der Waals surface area contributed by atoms with Gasteiger partial charge >= 0.3 is 6.09 Å². The van der Waals surface area contributed by atoms with E-state index in [1.807, 2.05) is 30.3 Å². The molecule has 34 heavy (non-hydrogen) atoms. The van der Waals surface area contributed by atoms with Crippen LogP contribution in [0.3, 0.4) is 0 Å². The molecule has 1 atom stereocenters. The number of halogens is 1. The van der Waals surface area contributed by atoms with Crippen LogP contribution >= 0.6 is 22.9 Å². The number of nitrogens with one attached hydrogen (secondary N) is 1. The van der Waals surface area contributed by atoms with Gasteiger partial charge in [-0.1, -0.05) is 23.7 Å². The van der Waals surface area contributed by atoms with E-state index in [4.69, 9.17) is 21.1 Å². The van der Waals surface area contributed by atoms with Gasteiger partial charge in [0.2, 0.25) is 0 Å². The molecule has 0 aliphatic carbocycles. The average Bonchev–Trinajstić information content (AvgIpc) is 3.48. The Balaban J connectivity index is 1.24. The number of ether oxygens (including phenoxy) is 2. The van der Waals surface area contributed by atoms with Crippen molar-refractivity contribution >= 4 is 46.4 Å². The molecule has 2 aromatic heterocycles. The number of carbonyl (C=O) groups excluding carboxylic acids is 2. The fourth-order valence-electron chi connectivity index (χ4n) is 4.04. The summed E-state index contributed by atoms with van der Waals surface area (Å²) in [6.45, 7) is 3.57. The van der Waals surface area contributed by atoms with Crippen LogP contribution in [0.5, 0.6) is 0 Å². The lowest BCUT2D eigenvalue weighted by Gasteiger charge is -2.29. The monoisotopic (exact) mass is 498 g/mol. The summed E-state index contributed by atoms with van der Waals surface area (Å²) in [5.74, 6) is 0.699. The van der Waals surface area contributed by atoms with Crippen molar-refractivity contribution in [3.63, 3.8) is 0 Å². The Bertz CT molecular complexity index is 1180. The number of amides is 2. The van der Waals surface area contributed by atoms with Crippen LogP contribution in [-0.2, 0) is 9.47 Å². The van der Waals surface area contributed by atoms with E-state index >= 15 is 0 Å². The van der Waals surface area contributed by atoms with E-state index in [0.29, 0.717) is 29.0 Å². The molecule has 2 amide bonds. The second-order valence-electron chi connectivity index (χ2n) is 7.95. The maximum atomic E-state index is 12.5. The van der Waals surface area contributed by atoms with Gasteiger partial charge < -0.3 is 19.7 Å². The predicted octanol–water partition coefficient (Wildman–Crippen LogP) is 4.06. The number of rotatable bonds is 6. The minimum atomic E-state index is -0.433. The number of hydrogen-bond acceptors (Lipinski definition) is 7. The van der Waals surface area contributed by atoms with E-state index in [1.165, 1.54) is 11.3 Å². The number of hydrogen-bond donors (Lipinski definition) is 1. The van der Waals surface area contributed by atoms with Gasteiger partial charge in [-0.15, -0.1) is 11.3 Å². The van der Waals surface area contributed by atoms with Gasteiger partial charge in [-0.05, 0) is 42.0 Å². The molecule has 0 bridgehead atoms. The first kappa shape index (κ1) is 22.6. The number of anilines is 2. The van der Waals surface area contributed by atoms with Crippen LogP contribution in [0.2, 0.25) is 4.34 Å². The highest BCUT2D eigenvalue weighted by atomic mass is 35.5. The largest absolute Gasteiger partial charge is 0.442 e. The van der Waals surface area contributed by atoms with Gasteiger partial charge in [0.15, 0.2) is 0 Å². The molecule has 0 unspecified atom stereocenters. The molecule has 3 aromatic rings. The summed E-state index contributed by atoms with van der Waals surface area (Å²) < 4.78 is 11.5. The van der Waals surface area contributed by atoms with Gasteiger partial charge in [-0.3, -0.25) is 9.69 Å². The first-order chi connectivity index (χ1) is 16.6. The van der Waals surface area contributed by atoms with Crippen molar-refractivity contribution in [1.82, 2.24) is 10.3 Å². The second kappa shape index (κ2) is 10.0. The number of cyclic esters (lactones) is 1. The van der Waals surface area contributed by atoms with E-state index in [-0.39, 0.29) is 12.5 Å². The highest BCUT2D eigenvalue weighted by Crippen LogP contribution is 2.31. The first-order valence-electron chi connectivity index (χ1n) is 11.0. The quantitative estimate of drug-likeness (QED) is 0.552. The molecule has 5 rings (SSSR count). The Hall–Kier alpha value is -3.14. The summed E-state index contributed by atoms with van der Waals surface area (Å²) in [6, 6.07) is 15.1. The molecule has 8 nitrogen and oxygen atoms in total. The zero-order valence-electron chi connectivity index (χ0n) is 18.3. The summed E-state index contributed by atoms with van der Waals surface area (Å²) in [4.78, 5) is 33.6. The highest BCUT2D eigenvalue weighted by Gasteiger charge is 2.32. The van der Waals surface area contributed by atoms with Crippen LogP contribution in [0.25, 0.3) is 11.1 Å².